The van der Waals surface area contributed by atoms with E-state index >= 15 is 0 Å². The summed E-state index contributed by atoms with van der Waals surface area (Å²) in [6.07, 6.45) is 4.60. The van der Waals surface area contributed by atoms with Crippen molar-refractivity contribution < 1.29 is 13.2 Å². The van der Waals surface area contributed by atoms with Gasteiger partial charge in [-0.25, -0.2) is 8.42 Å². The van der Waals surface area contributed by atoms with Crippen molar-refractivity contribution >= 4 is 15.7 Å². The second-order valence-electron chi connectivity index (χ2n) is 6.11. The van der Waals surface area contributed by atoms with Crippen LogP contribution in [0.2, 0.25) is 0 Å². The number of hydrogen-bond acceptors (Lipinski definition) is 3. The van der Waals surface area contributed by atoms with Crippen LogP contribution in [-0.4, -0.2) is 26.3 Å². The number of amides is 1. The molecule has 116 valence electrons. The van der Waals surface area contributed by atoms with Gasteiger partial charge in [-0.05, 0) is 42.9 Å². The molecule has 2 rings (SSSR count). The lowest BCUT2D eigenvalue weighted by atomic mass is 10.0. The Balaban J connectivity index is 2.01. The topological polar surface area (TPSA) is 63.2 Å². The predicted octanol–water partition coefficient (Wildman–Crippen LogP) is 2.03. The van der Waals surface area contributed by atoms with Crippen LogP contribution in [0.15, 0.2) is 18.2 Å². The average Bonchev–Trinajstić information content (AvgIpc) is 2.83. The van der Waals surface area contributed by atoms with Crippen LogP contribution in [0.4, 0.5) is 0 Å². The van der Waals surface area contributed by atoms with E-state index in [1.807, 2.05) is 6.92 Å². The second-order valence-corrected chi connectivity index (χ2v) is 8.29. The van der Waals surface area contributed by atoms with Gasteiger partial charge in [-0.2, -0.15) is 0 Å². The molecule has 0 saturated heterocycles. The highest BCUT2D eigenvalue weighted by Crippen LogP contribution is 2.25. The van der Waals surface area contributed by atoms with Crippen molar-refractivity contribution in [2.45, 2.75) is 39.2 Å². The maximum Gasteiger partial charge on any atom is 0.224 e. The van der Waals surface area contributed by atoms with Gasteiger partial charge in [0.15, 0.2) is 0 Å². The number of aryl methyl sites for hydroxylation is 2. The number of benzene rings is 1. The third kappa shape index (κ3) is 4.30. The largest absolute Gasteiger partial charge is 0.349 e. The monoisotopic (exact) mass is 309 g/mol. The lowest BCUT2D eigenvalue weighted by Crippen LogP contribution is -2.34. The average molecular weight is 309 g/mol. The van der Waals surface area contributed by atoms with Crippen molar-refractivity contribution in [1.82, 2.24) is 5.32 Å². The van der Waals surface area contributed by atoms with Gasteiger partial charge in [0.1, 0.15) is 9.84 Å². The maximum atomic E-state index is 12.1. The molecular weight excluding hydrogens is 286 g/mol. The van der Waals surface area contributed by atoms with Crippen LogP contribution in [0.25, 0.3) is 0 Å². The molecule has 0 radical (unpaired) electrons. The summed E-state index contributed by atoms with van der Waals surface area (Å²) in [5.41, 5.74) is 3.86. The zero-order valence-corrected chi connectivity index (χ0v) is 13.7. The van der Waals surface area contributed by atoms with Gasteiger partial charge in [-0.15, -0.1) is 0 Å². The molecule has 0 spiro atoms. The van der Waals surface area contributed by atoms with Gasteiger partial charge in [0, 0.05) is 12.2 Å². The van der Waals surface area contributed by atoms with Gasteiger partial charge in [0.2, 0.25) is 5.91 Å². The molecular formula is C16H23NO3S. The van der Waals surface area contributed by atoms with Crippen molar-refractivity contribution in [1.29, 1.82) is 0 Å². The normalized spacial score (nSPS) is 17.1. The first-order valence-electron chi connectivity index (χ1n) is 7.36. The number of fused-ring (bicyclic) bond motifs is 1. The molecule has 0 aliphatic heterocycles. The van der Waals surface area contributed by atoms with Gasteiger partial charge in [-0.3, -0.25) is 4.79 Å². The summed E-state index contributed by atoms with van der Waals surface area (Å²) in [4.78, 5) is 12.1. The quantitative estimate of drug-likeness (QED) is 0.905. The molecule has 5 heteroatoms. The summed E-state index contributed by atoms with van der Waals surface area (Å²) >= 11 is 0. The van der Waals surface area contributed by atoms with Crippen LogP contribution in [0.1, 0.15) is 43.0 Å². The van der Waals surface area contributed by atoms with Crippen molar-refractivity contribution in [3.05, 3.63) is 34.9 Å². The van der Waals surface area contributed by atoms with Crippen molar-refractivity contribution in [2.75, 3.05) is 12.0 Å². The zero-order chi connectivity index (χ0) is 15.6. The summed E-state index contributed by atoms with van der Waals surface area (Å²) in [6, 6.07) is 6.25. The lowest BCUT2D eigenvalue weighted by Gasteiger charge is -2.18. The summed E-state index contributed by atoms with van der Waals surface area (Å²) in [5.74, 6) is -0.860. The highest BCUT2D eigenvalue weighted by atomic mass is 32.2. The molecule has 0 heterocycles. The molecule has 0 saturated carbocycles. The van der Waals surface area contributed by atoms with E-state index in [0.717, 1.165) is 24.7 Å². The summed E-state index contributed by atoms with van der Waals surface area (Å²) in [5, 5.41) is 2.91. The van der Waals surface area contributed by atoms with E-state index in [4.69, 9.17) is 0 Å². The van der Waals surface area contributed by atoms with Gasteiger partial charge >= 0.3 is 0 Å². The SMILES string of the molecule is CC(CS(C)(=O)=O)C(=O)NC(C)c1ccc2c(c1)CCC2. The molecule has 4 nitrogen and oxygen atoms in total. The van der Waals surface area contributed by atoms with E-state index in [-0.39, 0.29) is 17.7 Å². The van der Waals surface area contributed by atoms with Crippen LogP contribution in [0.3, 0.4) is 0 Å². The van der Waals surface area contributed by atoms with Crippen LogP contribution in [-0.2, 0) is 27.5 Å². The third-order valence-corrected chi connectivity index (χ3v) is 5.09. The fourth-order valence-electron chi connectivity index (χ4n) is 2.83. The number of sulfone groups is 1. The molecule has 0 bridgehead atoms. The van der Waals surface area contributed by atoms with E-state index in [1.165, 1.54) is 17.5 Å². The molecule has 1 aromatic rings. The molecule has 1 aromatic carbocycles. The number of carbonyl (C=O) groups is 1. The van der Waals surface area contributed by atoms with E-state index in [2.05, 4.69) is 23.5 Å². The Morgan fingerprint density at radius 3 is 2.57 bits per heavy atom. The highest BCUT2D eigenvalue weighted by Gasteiger charge is 2.21. The highest BCUT2D eigenvalue weighted by molar-refractivity contribution is 7.90. The predicted molar refractivity (Wildman–Crippen MR) is 83.9 cm³/mol. The number of nitrogens with one attached hydrogen (secondary N) is 1. The van der Waals surface area contributed by atoms with E-state index < -0.39 is 15.8 Å². The van der Waals surface area contributed by atoms with Gasteiger partial charge in [0.05, 0.1) is 11.8 Å². The maximum absolute atomic E-state index is 12.1. The molecule has 2 atom stereocenters. The second kappa shape index (κ2) is 6.18. The van der Waals surface area contributed by atoms with E-state index in [1.54, 1.807) is 6.92 Å². The Bertz CT molecular complexity index is 637. The molecule has 1 aliphatic carbocycles. The zero-order valence-electron chi connectivity index (χ0n) is 12.8. The Morgan fingerprint density at radius 1 is 1.24 bits per heavy atom. The van der Waals surface area contributed by atoms with Gasteiger partial charge < -0.3 is 5.32 Å². The van der Waals surface area contributed by atoms with Gasteiger partial charge in [0.25, 0.3) is 0 Å². The third-order valence-electron chi connectivity index (χ3n) is 3.98. The Kier molecular flexibility index (Phi) is 4.71. The standard InChI is InChI=1S/C16H23NO3S/c1-11(10-21(3,19)20)16(18)17-12(2)14-8-7-13-5-4-6-15(13)9-14/h7-9,11-12H,4-6,10H2,1-3H3,(H,17,18). The smallest absolute Gasteiger partial charge is 0.224 e. The molecule has 0 fully saturated rings. The van der Waals surface area contributed by atoms with Crippen LogP contribution >= 0.6 is 0 Å². The molecule has 1 amide bonds. The minimum absolute atomic E-state index is 0.106. The number of rotatable bonds is 5. The van der Waals surface area contributed by atoms with Crippen molar-refractivity contribution in [2.24, 2.45) is 5.92 Å². The van der Waals surface area contributed by atoms with E-state index in [9.17, 15) is 13.2 Å². The molecule has 1 N–H and O–H groups in total. The fraction of sp³-hybridized carbons (Fsp3) is 0.562. The van der Waals surface area contributed by atoms with Crippen LogP contribution < -0.4 is 5.32 Å². The summed E-state index contributed by atoms with van der Waals surface area (Å²) < 4.78 is 22.5. The minimum Gasteiger partial charge on any atom is -0.349 e. The first-order chi connectivity index (χ1) is 9.76. The Hall–Kier alpha value is -1.36. The van der Waals surface area contributed by atoms with Crippen molar-refractivity contribution in [3.63, 3.8) is 0 Å². The van der Waals surface area contributed by atoms with E-state index in [0.29, 0.717) is 0 Å². The van der Waals surface area contributed by atoms with Crippen molar-refractivity contribution in [3.8, 4) is 0 Å². The summed E-state index contributed by atoms with van der Waals surface area (Å²) in [7, 11) is -3.14. The minimum atomic E-state index is -3.14. The Morgan fingerprint density at radius 2 is 1.90 bits per heavy atom. The molecule has 1 aliphatic rings. The molecule has 21 heavy (non-hydrogen) atoms. The fourth-order valence-corrected chi connectivity index (χ4v) is 3.89. The molecule has 0 aromatic heterocycles. The number of carbonyl (C=O) groups excluding carboxylic acids is 1. The lowest BCUT2D eigenvalue weighted by molar-refractivity contribution is -0.124. The van der Waals surface area contributed by atoms with Crippen LogP contribution in [0.5, 0.6) is 0 Å². The Labute approximate surface area is 126 Å². The first kappa shape index (κ1) is 16.0. The summed E-state index contributed by atoms with van der Waals surface area (Å²) in [6.45, 7) is 3.58. The van der Waals surface area contributed by atoms with Crippen LogP contribution in [0, 0.1) is 5.92 Å². The number of hydrogen-bond donors (Lipinski definition) is 1. The van der Waals surface area contributed by atoms with Gasteiger partial charge in [-0.1, -0.05) is 25.1 Å². The molecule has 2 unspecified atom stereocenters. The first-order valence-corrected chi connectivity index (χ1v) is 9.42.